The molecule has 0 amide bonds. The fraction of sp³-hybridized carbons (Fsp3) is 0.143. The number of ether oxygens (including phenoxy) is 1. The summed E-state index contributed by atoms with van der Waals surface area (Å²) in [7, 11) is 1.63. The summed E-state index contributed by atoms with van der Waals surface area (Å²) >= 11 is 7.91. The summed E-state index contributed by atoms with van der Waals surface area (Å²) in [6.45, 7) is 0. The summed E-state index contributed by atoms with van der Waals surface area (Å²) in [6, 6.07) is 5.55. The molecular weight excluding hydrogens is 262 g/mol. The Labute approximate surface area is 78.5 Å². The average Bonchev–Trinajstić information content (AvgIpc) is 1.94. The van der Waals surface area contributed by atoms with E-state index in [2.05, 4.69) is 22.6 Å². The fourth-order valence-corrected chi connectivity index (χ4v) is 1.35. The molecule has 0 N–H and O–H groups in total. The molecule has 54 valence electrons. The first-order valence-corrected chi connectivity index (χ1v) is 4.19. The third kappa shape index (κ3) is 1.76. The van der Waals surface area contributed by atoms with Crippen molar-refractivity contribution in [2.24, 2.45) is 0 Å². The highest BCUT2D eigenvalue weighted by Gasteiger charge is 1.97. The van der Waals surface area contributed by atoms with Gasteiger partial charge in [-0.2, -0.15) is 0 Å². The van der Waals surface area contributed by atoms with Gasteiger partial charge in [-0.1, -0.05) is 11.6 Å². The van der Waals surface area contributed by atoms with Crippen LogP contribution in [0, 0.1) is 3.57 Å². The van der Waals surface area contributed by atoms with Crippen LogP contribution in [0.1, 0.15) is 0 Å². The Morgan fingerprint density at radius 1 is 1.50 bits per heavy atom. The van der Waals surface area contributed by atoms with Crippen molar-refractivity contribution in [3.63, 3.8) is 0 Å². The van der Waals surface area contributed by atoms with Crippen LogP contribution in [-0.2, 0) is 0 Å². The zero-order valence-corrected chi connectivity index (χ0v) is 8.31. The standard InChI is InChI=1S/C7H6ClIO/c1-10-7-4-5(8)2-3-6(7)9/h2-4H,1H3. The maximum Gasteiger partial charge on any atom is 0.133 e. The van der Waals surface area contributed by atoms with Crippen LogP contribution >= 0.6 is 34.2 Å². The summed E-state index contributed by atoms with van der Waals surface area (Å²) in [5.74, 6) is 0.827. The molecular formula is C7H6ClIO. The van der Waals surface area contributed by atoms with E-state index >= 15 is 0 Å². The van der Waals surface area contributed by atoms with Gasteiger partial charge in [0.1, 0.15) is 5.75 Å². The lowest BCUT2D eigenvalue weighted by Gasteiger charge is -2.01. The first-order chi connectivity index (χ1) is 4.74. The SMILES string of the molecule is COc1cc(Cl)ccc1I. The molecule has 1 nitrogen and oxygen atoms in total. The van der Waals surface area contributed by atoms with Crippen molar-refractivity contribution in [1.29, 1.82) is 0 Å². The lowest BCUT2D eigenvalue weighted by atomic mass is 10.3. The Bertz CT molecular complexity index is 237. The van der Waals surface area contributed by atoms with Crippen LogP contribution in [-0.4, -0.2) is 7.11 Å². The third-order valence-corrected chi connectivity index (χ3v) is 2.24. The van der Waals surface area contributed by atoms with E-state index in [9.17, 15) is 0 Å². The summed E-state index contributed by atoms with van der Waals surface area (Å²) in [6.07, 6.45) is 0. The van der Waals surface area contributed by atoms with Gasteiger partial charge in [0.05, 0.1) is 10.7 Å². The molecule has 0 saturated heterocycles. The van der Waals surface area contributed by atoms with Gasteiger partial charge in [-0.25, -0.2) is 0 Å². The van der Waals surface area contributed by atoms with Crippen molar-refractivity contribution in [1.82, 2.24) is 0 Å². The fourth-order valence-electron chi connectivity index (χ4n) is 0.634. The van der Waals surface area contributed by atoms with Crippen molar-refractivity contribution < 1.29 is 4.74 Å². The molecule has 1 aromatic rings. The topological polar surface area (TPSA) is 9.23 Å². The van der Waals surface area contributed by atoms with Gasteiger partial charge >= 0.3 is 0 Å². The van der Waals surface area contributed by atoms with E-state index in [1.807, 2.05) is 12.1 Å². The van der Waals surface area contributed by atoms with E-state index in [-0.39, 0.29) is 0 Å². The van der Waals surface area contributed by atoms with Gasteiger partial charge in [0.2, 0.25) is 0 Å². The van der Waals surface area contributed by atoms with Gasteiger partial charge in [-0.05, 0) is 40.8 Å². The Morgan fingerprint density at radius 3 is 2.70 bits per heavy atom. The Kier molecular flexibility index (Phi) is 2.80. The predicted octanol–water partition coefficient (Wildman–Crippen LogP) is 2.95. The molecule has 3 heteroatoms. The van der Waals surface area contributed by atoms with Gasteiger partial charge in [0.25, 0.3) is 0 Å². The highest BCUT2D eigenvalue weighted by molar-refractivity contribution is 14.1. The average molecular weight is 268 g/mol. The Balaban J connectivity index is 3.09. The molecule has 0 aromatic heterocycles. The summed E-state index contributed by atoms with van der Waals surface area (Å²) in [5, 5.41) is 0.706. The number of benzene rings is 1. The highest BCUT2D eigenvalue weighted by atomic mass is 127. The second-order valence-electron chi connectivity index (χ2n) is 1.78. The molecule has 0 aliphatic heterocycles. The molecule has 10 heavy (non-hydrogen) atoms. The molecule has 1 rings (SSSR count). The Hall–Kier alpha value is 0.0400. The molecule has 0 aliphatic carbocycles. The quantitative estimate of drug-likeness (QED) is 0.712. The van der Waals surface area contributed by atoms with Crippen molar-refractivity contribution in [3.05, 3.63) is 26.8 Å². The van der Waals surface area contributed by atoms with Crippen LogP contribution in [0.4, 0.5) is 0 Å². The van der Waals surface area contributed by atoms with Gasteiger partial charge in [0, 0.05) is 5.02 Å². The second kappa shape index (κ2) is 3.44. The molecule has 0 heterocycles. The summed E-state index contributed by atoms with van der Waals surface area (Å²) in [5.41, 5.74) is 0. The number of halogens is 2. The van der Waals surface area contributed by atoms with Crippen molar-refractivity contribution >= 4 is 34.2 Å². The predicted molar refractivity (Wildman–Crippen MR) is 50.7 cm³/mol. The largest absolute Gasteiger partial charge is 0.496 e. The molecule has 0 saturated carbocycles. The number of methoxy groups -OCH3 is 1. The molecule has 0 atom stereocenters. The molecule has 0 fully saturated rings. The van der Waals surface area contributed by atoms with Crippen molar-refractivity contribution in [2.75, 3.05) is 7.11 Å². The minimum atomic E-state index is 0.706. The van der Waals surface area contributed by atoms with Crippen LogP contribution in [0.5, 0.6) is 5.75 Å². The third-order valence-electron chi connectivity index (χ3n) is 1.11. The molecule has 0 bridgehead atoms. The van der Waals surface area contributed by atoms with Gasteiger partial charge < -0.3 is 4.74 Å². The lowest BCUT2D eigenvalue weighted by molar-refractivity contribution is 0.412. The maximum absolute atomic E-state index is 5.71. The van der Waals surface area contributed by atoms with Gasteiger partial charge in [-0.15, -0.1) is 0 Å². The zero-order chi connectivity index (χ0) is 7.56. The van der Waals surface area contributed by atoms with E-state index in [0.29, 0.717) is 5.02 Å². The van der Waals surface area contributed by atoms with Crippen molar-refractivity contribution in [2.45, 2.75) is 0 Å². The monoisotopic (exact) mass is 268 g/mol. The van der Waals surface area contributed by atoms with E-state index in [1.165, 1.54) is 0 Å². The first kappa shape index (κ1) is 8.14. The van der Waals surface area contributed by atoms with E-state index in [0.717, 1.165) is 9.32 Å². The van der Waals surface area contributed by atoms with Crippen LogP contribution in [0.2, 0.25) is 5.02 Å². The lowest BCUT2D eigenvalue weighted by Crippen LogP contribution is -1.85. The molecule has 1 aromatic carbocycles. The van der Waals surface area contributed by atoms with Gasteiger partial charge in [-0.3, -0.25) is 0 Å². The number of hydrogen-bond acceptors (Lipinski definition) is 1. The van der Waals surface area contributed by atoms with Crippen LogP contribution in [0.3, 0.4) is 0 Å². The summed E-state index contributed by atoms with van der Waals surface area (Å²) in [4.78, 5) is 0. The Morgan fingerprint density at radius 2 is 2.20 bits per heavy atom. The highest BCUT2D eigenvalue weighted by Crippen LogP contribution is 2.23. The van der Waals surface area contributed by atoms with E-state index in [4.69, 9.17) is 16.3 Å². The zero-order valence-electron chi connectivity index (χ0n) is 5.40. The minimum absolute atomic E-state index is 0.706. The first-order valence-electron chi connectivity index (χ1n) is 2.73. The van der Waals surface area contributed by atoms with E-state index in [1.54, 1.807) is 13.2 Å². The van der Waals surface area contributed by atoms with Crippen LogP contribution in [0.15, 0.2) is 18.2 Å². The smallest absolute Gasteiger partial charge is 0.133 e. The van der Waals surface area contributed by atoms with Crippen LogP contribution < -0.4 is 4.74 Å². The minimum Gasteiger partial charge on any atom is -0.496 e. The molecule has 0 spiro atoms. The molecule has 0 radical (unpaired) electrons. The van der Waals surface area contributed by atoms with E-state index < -0.39 is 0 Å². The number of hydrogen-bond donors (Lipinski definition) is 0. The number of rotatable bonds is 1. The van der Waals surface area contributed by atoms with Gasteiger partial charge in [0.15, 0.2) is 0 Å². The second-order valence-corrected chi connectivity index (χ2v) is 3.38. The normalized spacial score (nSPS) is 9.50. The molecule has 0 unspecified atom stereocenters. The maximum atomic E-state index is 5.71. The van der Waals surface area contributed by atoms with Crippen molar-refractivity contribution in [3.8, 4) is 5.75 Å². The van der Waals surface area contributed by atoms with Crippen LogP contribution in [0.25, 0.3) is 0 Å². The molecule has 0 aliphatic rings. The summed E-state index contributed by atoms with van der Waals surface area (Å²) < 4.78 is 6.11.